The molecule has 2 N–H and O–H groups in total. The zero-order valence-electron chi connectivity index (χ0n) is 15.7. The number of urea groups is 2. The van der Waals surface area contributed by atoms with Crippen molar-refractivity contribution in [1.29, 1.82) is 0 Å². The zero-order chi connectivity index (χ0) is 20.4. The highest BCUT2D eigenvalue weighted by Gasteiger charge is 2.52. The number of likely N-dealkylation sites (tertiary alicyclic amines) is 1. The number of benzene rings is 2. The normalized spacial score (nSPS) is 18.1. The summed E-state index contributed by atoms with van der Waals surface area (Å²) in [6, 6.07) is 15.7. The molecule has 2 aromatic rings. The molecule has 8 heteroatoms. The molecule has 1 spiro atoms. The number of rotatable bonds is 3. The summed E-state index contributed by atoms with van der Waals surface area (Å²) >= 11 is 5.95. The molecule has 0 saturated carbocycles. The number of imide groups is 1. The Morgan fingerprint density at radius 1 is 1.07 bits per heavy atom. The lowest BCUT2D eigenvalue weighted by Crippen LogP contribution is -2.56. The first-order chi connectivity index (χ1) is 14.0. The lowest BCUT2D eigenvalue weighted by atomic mass is 9.87. The summed E-state index contributed by atoms with van der Waals surface area (Å²) in [4.78, 5) is 40.9. The first kappa shape index (κ1) is 19.3. The molecule has 0 radical (unpaired) electrons. The largest absolute Gasteiger partial charge is 0.325 e. The Kier molecular flexibility index (Phi) is 5.15. The number of amides is 5. The Balaban J connectivity index is 1.38. The number of nitrogens with zero attached hydrogens (tertiary/aromatic N) is 2. The summed E-state index contributed by atoms with van der Waals surface area (Å²) in [5, 5.41) is 6.22. The third-order valence-electron chi connectivity index (χ3n) is 5.41. The molecule has 0 atom stereocenters. The van der Waals surface area contributed by atoms with Crippen LogP contribution in [0.2, 0.25) is 5.02 Å². The van der Waals surface area contributed by atoms with Crippen LogP contribution < -0.4 is 10.6 Å². The lowest BCUT2D eigenvalue weighted by Gasteiger charge is -2.37. The second-order valence-corrected chi connectivity index (χ2v) is 7.75. The van der Waals surface area contributed by atoms with E-state index >= 15 is 0 Å². The van der Waals surface area contributed by atoms with E-state index in [1.165, 1.54) is 4.90 Å². The van der Waals surface area contributed by atoms with E-state index in [9.17, 15) is 14.4 Å². The Bertz CT molecular complexity index is 942. The van der Waals surface area contributed by atoms with Gasteiger partial charge in [0.2, 0.25) is 0 Å². The molecule has 2 heterocycles. The van der Waals surface area contributed by atoms with Crippen LogP contribution in [0.1, 0.15) is 18.4 Å². The standard InChI is InChI=1S/C21H21ClN4O3/c22-16-7-4-8-17(13-16)23-19(28)25-11-9-21(10-12-25)18(27)26(20(29)24-21)14-15-5-2-1-3-6-15/h1-8,13H,9-12,14H2,(H,23,28)(H,24,29). The van der Waals surface area contributed by atoms with Crippen LogP contribution in [0.5, 0.6) is 0 Å². The second-order valence-electron chi connectivity index (χ2n) is 7.32. The van der Waals surface area contributed by atoms with Gasteiger partial charge in [0, 0.05) is 23.8 Å². The number of hydrogen-bond donors (Lipinski definition) is 2. The monoisotopic (exact) mass is 412 g/mol. The van der Waals surface area contributed by atoms with E-state index in [2.05, 4.69) is 10.6 Å². The maximum atomic E-state index is 13.0. The van der Waals surface area contributed by atoms with E-state index in [4.69, 9.17) is 11.6 Å². The van der Waals surface area contributed by atoms with Crippen LogP contribution in [0.4, 0.5) is 15.3 Å². The molecule has 4 rings (SSSR count). The van der Waals surface area contributed by atoms with Gasteiger partial charge < -0.3 is 15.5 Å². The van der Waals surface area contributed by atoms with Crippen LogP contribution in [0, 0.1) is 0 Å². The molecule has 0 aliphatic carbocycles. The lowest BCUT2D eigenvalue weighted by molar-refractivity contribution is -0.133. The number of halogens is 1. The number of nitrogens with one attached hydrogen (secondary N) is 2. The highest BCUT2D eigenvalue weighted by molar-refractivity contribution is 6.30. The molecule has 2 saturated heterocycles. The van der Waals surface area contributed by atoms with E-state index in [-0.39, 0.29) is 24.5 Å². The number of carbonyl (C=O) groups is 3. The van der Waals surface area contributed by atoms with Gasteiger partial charge in [0.1, 0.15) is 5.54 Å². The van der Waals surface area contributed by atoms with Crippen LogP contribution in [-0.4, -0.2) is 46.4 Å². The van der Waals surface area contributed by atoms with Crippen LogP contribution in [0.15, 0.2) is 54.6 Å². The first-order valence-electron chi connectivity index (χ1n) is 9.46. The Morgan fingerprint density at radius 3 is 2.48 bits per heavy atom. The van der Waals surface area contributed by atoms with Gasteiger partial charge in [0.05, 0.1) is 6.54 Å². The summed E-state index contributed by atoms with van der Waals surface area (Å²) < 4.78 is 0. The molecule has 29 heavy (non-hydrogen) atoms. The van der Waals surface area contributed by atoms with E-state index in [0.717, 1.165) is 5.56 Å². The Morgan fingerprint density at radius 2 is 1.79 bits per heavy atom. The van der Waals surface area contributed by atoms with Crippen molar-refractivity contribution in [2.24, 2.45) is 0 Å². The predicted octanol–water partition coefficient (Wildman–Crippen LogP) is 3.46. The molecular weight excluding hydrogens is 392 g/mol. The van der Waals surface area contributed by atoms with Crippen LogP contribution >= 0.6 is 11.6 Å². The van der Waals surface area contributed by atoms with Crippen molar-refractivity contribution >= 4 is 35.3 Å². The van der Waals surface area contributed by atoms with Gasteiger partial charge in [-0.25, -0.2) is 9.59 Å². The summed E-state index contributed by atoms with van der Waals surface area (Å²) in [5.41, 5.74) is 0.576. The van der Waals surface area contributed by atoms with Gasteiger partial charge in [0.25, 0.3) is 5.91 Å². The SMILES string of the molecule is O=C(Nc1cccc(Cl)c1)N1CCC2(CC1)NC(=O)N(Cc1ccccc1)C2=O. The van der Waals surface area contributed by atoms with Gasteiger partial charge in [-0.3, -0.25) is 9.69 Å². The van der Waals surface area contributed by atoms with Crippen LogP contribution in [0.25, 0.3) is 0 Å². The van der Waals surface area contributed by atoms with Gasteiger partial charge >= 0.3 is 12.1 Å². The fourth-order valence-electron chi connectivity index (χ4n) is 3.78. The third kappa shape index (κ3) is 3.91. The maximum Gasteiger partial charge on any atom is 0.325 e. The zero-order valence-corrected chi connectivity index (χ0v) is 16.5. The fraction of sp³-hybridized carbons (Fsp3) is 0.286. The summed E-state index contributed by atoms with van der Waals surface area (Å²) in [7, 11) is 0. The van der Waals surface area contributed by atoms with E-state index in [0.29, 0.717) is 36.6 Å². The summed E-state index contributed by atoms with van der Waals surface area (Å²) in [6.07, 6.45) is 0.762. The van der Waals surface area contributed by atoms with Crippen molar-refractivity contribution < 1.29 is 14.4 Å². The number of hydrogen-bond acceptors (Lipinski definition) is 3. The molecule has 2 fully saturated rings. The van der Waals surface area contributed by atoms with E-state index in [1.54, 1.807) is 29.2 Å². The summed E-state index contributed by atoms with van der Waals surface area (Å²) in [6.45, 7) is 0.988. The Hall–Kier alpha value is -3.06. The minimum Gasteiger partial charge on any atom is -0.324 e. The summed E-state index contributed by atoms with van der Waals surface area (Å²) in [5.74, 6) is -0.221. The highest BCUT2D eigenvalue weighted by atomic mass is 35.5. The third-order valence-corrected chi connectivity index (χ3v) is 5.64. The number of anilines is 1. The van der Waals surface area contributed by atoms with Gasteiger partial charge in [-0.15, -0.1) is 0 Å². The number of piperidine rings is 1. The number of carbonyl (C=O) groups excluding carboxylic acids is 3. The van der Waals surface area contributed by atoms with E-state index in [1.807, 2.05) is 30.3 Å². The van der Waals surface area contributed by atoms with Gasteiger partial charge in [0.15, 0.2) is 0 Å². The molecule has 0 unspecified atom stereocenters. The molecule has 0 aromatic heterocycles. The van der Waals surface area contributed by atoms with Crippen LogP contribution in [0.3, 0.4) is 0 Å². The fourth-order valence-corrected chi connectivity index (χ4v) is 3.98. The molecular formula is C21H21ClN4O3. The molecule has 2 aliphatic heterocycles. The predicted molar refractivity (Wildman–Crippen MR) is 110 cm³/mol. The van der Waals surface area contributed by atoms with Crippen molar-refractivity contribution in [3.63, 3.8) is 0 Å². The maximum absolute atomic E-state index is 13.0. The van der Waals surface area contributed by atoms with Gasteiger partial charge in [-0.1, -0.05) is 48.0 Å². The first-order valence-corrected chi connectivity index (χ1v) is 9.84. The average molecular weight is 413 g/mol. The van der Waals surface area contributed by atoms with Gasteiger partial charge in [-0.2, -0.15) is 0 Å². The van der Waals surface area contributed by atoms with Crippen LogP contribution in [-0.2, 0) is 11.3 Å². The van der Waals surface area contributed by atoms with Crippen molar-refractivity contribution in [2.45, 2.75) is 24.9 Å². The Labute approximate surface area is 173 Å². The molecule has 7 nitrogen and oxygen atoms in total. The quantitative estimate of drug-likeness (QED) is 0.757. The van der Waals surface area contributed by atoms with E-state index < -0.39 is 5.54 Å². The molecule has 150 valence electrons. The molecule has 2 aromatic carbocycles. The highest BCUT2D eigenvalue weighted by Crippen LogP contribution is 2.30. The van der Waals surface area contributed by atoms with Crippen molar-refractivity contribution in [2.75, 3.05) is 18.4 Å². The van der Waals surface area contributed by atoms with Gasteiger partial charge in [-0.05, 0) is 36.6 Å². The van der Waals surface area contributed by atoms with Crippen molar-refractivity contribution in [3.05, 3.63) is 65.2 Å². The van der Waals surface area contributed by atoms with Crippen molar-refractivity contribution in [1.82, 2.24) is 15.1 Å². The smallest absolute Gasteiger partial charge is 0.324 e. The average Bonchev–Trinajstić information content (AvgIpc) is 2.93. The molecule has 5 amide bonds. The topological polar surface area (TPSA) is 81.8 Å². The molecule has 0 bridgehead atoms. The molecule has 2 aliphatic rings. The minimum absolute atomic E-state index is 0.221. The van der Waals surface area contributed by atoms with Crippen molar-refractivity contribution in [3.8, 4) is 0 Å². The second kappa shape index (κ2) is 7.75. The minimum atomic E-state index is -0.932.